The Morgan fingerprint density at radius 3 is 2.03 bits per heavy atom. The van der Waals surface area contributed by atoms with E-state index >= 15 is 0 Å². The average Bonchev–Trinajstić information content (AvgIpc) is 2.89. The first-order chi connectivity index (χ1) is 17.5. The van der Waals surface area contributed by atoms with Crippen LogP contribution in [0.5, 0.6) is 0 Å². The predicted molar refractivity (Wildman–Crippen MR) is 155 cm³/mol. The monoisotopic (exact) mass is 568 g/mol. The second-order valence-corrected chi connectivity index (χ2v) is 8.97. The minimum Gasteiger partial charge on any atom is -0.355 e. The lowest BCUT2D eigenvalue weighted by Crippen LogP contribution is -2.41. The summed E-state index contributed by atoms with van der Waals surface area (Å²) in [5.74, 6) is -1.20. The van der Waals surface area contributed by atoms with E-state index in [1.165, 1.54) is 11.1 Å². The van der Waals surface area contributed by atoms with Gasteiger partial charge in [-0.25, -0.2) is 4.79 Å². The molecule has 212 valence electrons. The first kappa shape index (κ1) is 35.4. The summed E-state index contributed by atoms with van der Waals surface area (Å²) in [7, 11) is 0. The van der Waals surface area contributed by atoms with Crippen LogP contribution in [0.25, 0.3) is 0 Å². The van der Waals surface area contributed by atoms with Gasteiger partial charge in [0.2, 0.25) is 5.91 Å². The van der Waals surface area contributed by atoms with Crippen LogP contribution in [-0.4, -0.2) is 36.9 Å². The maximum atomic E-state index is 12.1. The standard InChI is InChI=1S/C28H40N4O4.2ClH/c29-19-7-6-13-25(30)28(35)31-20-8-14-27(34)36-32-26(33)21-24-17-15-23(16-18-24)12-5-4-11-22-9-2-1-3-10-22;;/h1-3,9-10,15-18,25H,4-8,11-14,19-21,29-30H2,(H,31,35)(H,32,33);2*1H. The molecule has 0 radical (unpaired) electrons. The zero-order valence-corrected chi connectivity index (χ0v) is 23.5. The highest BCUT2D eigenvalue weighted by molar-refractivity contribution is 5.85. The molecule has 0 saturated heterocycles. The number of amides is 2. The van der Waals surface area contributed by atoms with Gasteiger partial charge in [0.25, 0.3) is 5.91 Å². The normalized spacial score (nSPS) is 10.9. The van der Waals surface area contributed by atoms with Gasteiger partial charge in [-0.15, -0.1) is 24.8 Å². The number of hydrogen-bond donors (Lipinski definition) is 4. The lowest BCUT2D eigenvalue weighted by molar-refractivity contribution is -0.158. The topological polar surface area (TPSA) is 137 Å². The van der Waals surface area contributed by atoms with Crippen LogP contribution in [0.4, 0.5) is 0 Å². The molecule has 2 rings (SSSR count). The Morgan fingerprint density at radius 2 is 1.39 bits per heavy atom. The van der Waals surface area contributed by atoms with E-state index in [0.717, 1.165) is 44.1 Å². The molecule has 1 unspecified atom stereocenters. The van der Waals surface area contributed by atoms with Crippen molar-refractivity contribution in [1.29, 1.82) is 0 Å². The highest BCUT2D eigenvalue weighted by Gasteiger charge is 2.13. The zero-order chi connectivity index (χ0) is 26.0. The summed E-state index contributed by atoms with van der Waals surface area (Å²) in [5.41, 5.74) is 16.9. The number of hydrogen-bond acceptors (Lipinski definition) is 6. The van der Waals surface area contributed by atoms with Gasteiger partial charge >= 0.3 is 5.97 Å². The summed E-state index contributed by atoms with van der Waals surface area (Å²) >= 11 is 0. The first-order valence-corrected chi connectivity index (χ1v) is 12.8. The number of nitrogens with two attached hydrogens (primary N) is 2. The molecule has 38 heavy (non-hydrogen) atoms. The van der Waals surface area contributed by atoms with Crippen LogP contribution in [0, 0.1) is 0 Å². The van der Waals surface area contributed by atoms with Gasteiger partial charge in [-0.05, 0) is 68.2 Å². The van der Waals surface area contributed by atoms with Crippen molar-refractivity contribution in [3.05, 3.63) is 71.3 Å². The largest absolute Gasteiger partial charge is 0.355 e. The summed E-state index contributed by atoms with van der Waals surface area (Å²) < 4.78 is 0. The number of carbonyl (C=O) groups is 3. The van der Waals surface area contributed by atoms with Gasteiger partial charge in [-0.3, -0.25) is 9.59 Å². The summed E-state index contributed by atoms with van der Waals surface area (Å²) in [6.07, 6.45) is 7.12. The molecule has 10 heteroatoms. The van der Waals surface area contributed by atoms with Gasteiger partial charge < -0.3 is 21.6 Å². The molecule has 2 amide bonds. The Labute approximate surface area is 238 Å². The quantitative estimate of drug-likeness (QED) is 0.180. The molecule has 8 nitrogen and oxygen atoms in total. The Bertz CT molecular complexity index is 930. The molecule has 0 saturated carbocycles. The molecule has 0 aromatic heterocycles. The Morgan fingerprint density at radius 1 is 0.789 bits per heavy atom. The third kappa shape index (κ3) is 15.6. The summed E-state index contributed by atoms with van der Waals surface area (Å²) in [5, 5.41) is 2.70. The van der Waals surface area contributed by atoms with Crippen molar-refractivity contribution < 1.29 is 19.2 Å². The van der Waals surface area contributed by atoms with Crippen molar-refractivity contribution in [2.24, 2.45) is 11.5 Å². The van der Waals surface area contributed by atoms with Gasteiger partial charge in [-0.1, -0.05) is 61.0 Å². The van der Waals surface area contributed by atoms with Crippen molar-refractivity contribution in [2.45, 2.75) is 70.3 Å². The molecular formula is C28H42Cl2N4O4. The molecule has 0 aliphatic carbocycles. The molecule has 0 aliphatic rings. The van der Waals surface area contributed by atoms with E-state index in [0.29, 0.717) is 25.9 Å². The number of aryl methyl sites for hydroxylation is 2. The van der Waals surface area contributed by atoms with Crippen molar-refractivity contribution in [3.63, 3.8) is 0 Å². The maximum Gasteiger partial charge on any atom is 0.332 e. The summed E-state index contributed by atoms with van der Waals surface area (Å²) in [6.45, 7) is 0.889. The molecule has 2 aromatic rings. The SMILES string of the molecule is Cl.Cl.NCCCCC(N)C(=O)NCCCC(=O)ONC(=O)Cc1ccc(CCCCc2ccccc2)cc1. The van der Waals surface area contributed by atoms with Gasteiger partial charge in [0, 0.05) is 13.0 Å². The number of carbonyl (C=O) groups excluding carboxylic acids is 3. The second-order valence-electron chi connectivity index (χ2n) is 8.97. The number of halogens is 2. The lowest BCUT2D eigenvalue weighted by Gasteiger charge is -2.11. The van der Waals surface area contributed by atoms with Crippen LogP contribution in [0.3, 0.4) is 0 Å². The van der Waals surface area contributed by atoms with Crippen LogP contribution in [0.1, 0.15) is 61.6 Å². The molecule has 0 heterocycles. The van der Waals surface area contributed by atoms with E-state index in [-0.39, 0.29) is 43.6 Å². The molecule has 0 spiro atoms. The van der Waals surface area contributed by atoms with Crippen LogP contribution < -0.4 is 22.3 Å². The highest BCUT2D eigenvalue weighted by Crippen LogP contribution is 2.11. The molecular weight excluding hydrogens is 527 g/mol. The van der Waals surface area contributed by atoms with Crippen molar-refractivity contribution in [1.82, 2.24) is 10.8 Å². The fourth-order valence-electron chi connectivity index (χ4n) is 3.73. The second kappa shape index (κ2) is 21.3. The van der Waals surface area contributed by atoms with E-state index in [1.807, 2.05) is 30.3 Å². The lowest BCUT2D eigenvalue weighted by atomic mass is 10.0. The summed E-state index contributed by atoms with van der Waals surface area (Å²) in [4.78, 5) is 40.6. The smallest absolute Gasteiger partial charge is 0.332 e. The minimum atomic E-state index is -0.573. The number of benzene rings is 2. The molecule has 0 fully saturated rings. The van der Waals surface area contributed by atoms with E-state index in [4.69, 9.17) is 16.3 Å². The molecule has 0 aliphatic heterocycles. The van der Waals surface area contributed by atoms with E-state index in [1.54, 1.807) is 0 Å². The Kier molecular flexibility index (Phi) is 19.8. The van der Waals surface area contributed by atoms with Gasteiger partial charge in [-0.2, -0.15) is 5.48 Å². The van der Waals surface area contributed by atoms with Gasteiger partial charge in [0.1, 0.15) is 0 Å². The first-order valence-electron chi connectivity index (χ1n) is 12.8. The van der Waals surface area contributed by atoms with E-state index in [2.05, 4.69) is 35.1 Å². The number of nitrogens with one attached hydrogen (secondary N) is 2. The minimum absolute atomic E-state index is 0. The molecule has 1 atom stereocenters. The maximum absolute atomic E-state index is 12.1. The molecule has 2 aromatic carbocycles. The number of hydroxylamine groups is 1. The van der Waals surface area contributed by atoms with Gasteiger partial charge in [0.05, 0.1) is 12.5 Å². The number of unbranched alkanes of at least 4 members (excludes halogenated alkanes) is 2. The third-order valence-corrected chi connectivity index (χ3v) is 5.85. The third-order valence-electron chi connectivity index (χ3n) is 5.85. The van der Waals surface area contributed by atoms with E-state index in [9.17, 15) is 14.4 Å². The van der Waals surface area contributed by atoms with Gasteiger partial charge in [0.15, 0.2) is 0 Å². The highest BCUT2D eigenvalue weighted by atomic mass is 35.5. The van der Waals surface area contributed by atoms with Crippen LogP contribution in [0.2, 0.25) is 0 Å². The van der Waals surface area contributed by atoms with E-state index < -0.39 is 17.9 Å². The van der Waals surface area contributed by atoms with Crippen LogP contribution in [-0.2, 0) is 38.5 Å². The van der Waals surface area contributed by atoms with Crippen LogP contribution in [0.15, 0.2) is 54.6 Å². The fourth-order valence-corrected chi connectivity index (χ4v) is 3.73. The fraction of sp³-hybridized carbons (Fsp3) is 0.464. The van der Waals surface area contributed by atoms with Crippen molar-refractivity contribution in [3.8, 4) is 0 Å². The average molecular weight is 570 g/mol. The van der Waals surface area contributed by atoms with Crippen molar-refractivity contribution >= 4 is 42.6 Å². The Hall–Kier alpha value is -2.65. The Balaban J connectivity index is 0.00000684. The number of rotatable bonds is 16. The van der Waals surface area contributed by atoms with Crippen LogP contribution >= 0.6 is 24.8 Å². The molecule has 0 bridgehead atoms. The zero-order valence-electron chi connectivity index (χ0n) is 21.9. The van der Waals surface area contributed by atoms with Crippen molar-refractivity contribution in [2.75, 3.05) is 13.1 Å². The summed E-state index contributed by atoms with van der Waals surface area (Å²) in [6, 6.07) is 17.8. The molecule has 6 N–H and O–H groups in total. The predicted octanol–water partition coefficient (Wildman–Crippen LogP) is 3.57.